The van der Waals surface area contributed by atoms with Crippen molar-refractivity contribution in [3.8, 4) is 0 Å². The van der Waals surface area contributed by atoms with Gasteiger partial charge in [-0.25, -0.2) is 8.42 Å². The molecule has 1 fully saturated rings. The molecular formula is C15H24ClN3O3S. The first-order valence-corrected chi connectivity index (χ1v) is 8.97. The molecule has 1 aliphatic rings. The number of sulfonamides is 1. The monoisotopic (exact) mass is 361 g/mol. The standard InChI is InChI=1S/C15H23N3O3S.ClH/c1-12(16)9-10-17-15(19)14-8-5-11-18(14)22(20,21)13-6-3-2-4-7-13;/h2-4,6-7,12,14H,5,8-11,16H2,1H3,(H,17,19);1H. The second-order valence-corrected chi connectivity index (χ2v) is 7.53. The Morgan fingerprint density at radius 2 is 2.04 bits per heavy atom. The lowest BCUT2D eigenvalue weighted by Crippen LogP contribution is -2.46. The van der Waals surface area contributed by atoms with Crippen LogP contribution in [0.25, 0.3) is 0 Å². The molecule has 0 spiro atoms. The minimum atomic E-state index is -3.63. The summed E-state index contributed by atoms with van der Waals surface area (Å²) in [5.74, 6) is -0.238. The highest BCUT2D eigenvalue weighted by molar-refractivity contribution is 7.89. The van der Waals surface area contributed by atoms with Crippen LogP contribution in [0.1, 0.15) is 26.2 Å². The number of rotatable bonds is 6. The Hall–Kier alpha value is -1.15. The molecule has 0 bridgehead atoms. The van der Waals surface area contributed by atoms with Crippen LogP contribution in [0, 0.1) is 0 Å². The van der Waals surface area contributed by atoms with E-state index in [1.54, 1.807) is 30.3 Å². The number of hydrogen-bond acceptors (Lipinski definition) is 4. The summed E-state index contributed by atoms with van der Waals surface area (Å²) >= 11 is 0. The number of nitrogens with one attached hydrogen (secondary N) is 1. The Morgan fingerprint density at radius 3 is 2.65 bits per heavy atom. The normalized spacial score (nSPS) is 19.8. The van der Waals surface area contributed by atoms with E-state index in [0.29, 0.717) is 32.4 Å². The molecule has 1 amide bonds. The smallest absolute Gasteiger partial charge is 0.243 e. The summed E-state index contributed by atoms with van der Waals surface area (Å²) in [4.78, 5) is 12.5. The number of amides is 1. The molecular weight excluding hydrogens is 338 g/mol. The summed E-state index contributed by atoms with van der Waals surface area (Å²) < 4.78 is 26.6. The molecule has 130 valence electrons. The minimum Gasteiger partial charge on any atom is -0.355 e. The number of nitrogens with zero attached hydrogens (tertiary/aromatic N) is 1. The van der Waals surface area contributed by atoms with Crippen LogP contribution in [0.2, 0.25) is 0 Å². The fraction of sp³-hybridized carbons (Fsp3) is 0.533. The summed E-state index contributed by atoms with van der Waals surface area (Å²) in [5.41, 5.74) is 5.65. The van der Waals surface area contributed by atoms with E-state index in [1.807, 2.05) is 6.92 Å². The summed E-state index contributed by atoms with van der Waals surface area (Å²) in [6.07, 6.45) is 1.91. The van der Waals surface area contributed by atoms with Gasteiger partial charge in [-0.2, -0.15) is 4.31 Å². The van der Waals surface area contributed by atoms with Crippen LogP contribution in [0.4, 0.5) is 0 Å². The van der Waals surface area contributed by atoms with Gasteiger partial charge < -0.3 is 11.1 Å². The van der Waals surface area contributed by atoms with Gasteiger partial charge in [0.1, 0.15) is 6.04 Å². The van der Waals surface area contributed by atoms with E-state index in [4.69, 9.17) is 5.73 Å². The molecule has 0 aliphatic carbocycles. The minimum absolute atomic E-state index is 0. The van der Waals surface area contributed by atoms with Gasteiger partial charge in [0.05, 0.1) is 4.90 Å². The highest BCUT2D eigenvalue weighted by Gasteiger charge is 2.39. The number of carbonyl (C=O) groups is 1. The maximum absolute atomic E-state index is 12.7. The van der Waals surface area contributed by atoms with Crippen molar-refractivity contribution in [1.29, 1.82) is 0 Å². The average molecular weight is 362 g/mol. The van der Waals surface area contributed by atoms with Gasteiger partial charge in [0, 0.05) is 19.1 Å². The van der Waals surface area contributed by atoms with Crippen molar-refractivity contribution in [2.45, 2.75) is 43.2 Å². The van der Waals surface area contributed by atoms with E-state index >= 15 is 0 Å². The van der Waals surface area contributed by atoms with Crippen molar-refractivity contribution in [3.05, 3.63) is 30.3 Å². The van der Waals surface area contributed by atoms with Crippen LogP contribution in [-0.2, 0) is 14.8 Å². The number of hydrogen-bond donors (Lipinski definition) is 2. The van der Waals surface area contributed by atoms with Gasteiger partial charge in [0.15, 0.2) is 0 Å². The van der Waals surface area contributed by atoms with Gasteiger partial charge in [-0.3, -0.25) is 4.79 Å². The molecule has 3 N–H and O–H groups in total. The molecule has 0 aromatic heterocycles. The summed E-state index contributed by atoms with van der Waals surface area (Å²) in [7, 11) is -3.63. The zero-order chi connectivity index (χ0) is 16.2. The van der Waals surface area contributed by atoms with Gasteiger partial charge in [0.2, 0.25) is 15.9 Å². The number of halogens is 1. The van der Waals surface area contributed by atoms with Crippen molar-refractivity contribution >= 4 is 28.3 Å². The topological polar surface area (TPSA) is 92.5 Å². The predicted octanol–water partition coefficient (Wildman–Crippen LogP) is 1.11. The maximum atomic E-state index is 12.7. The number of carbonyl (C=O) groups excluding carboxylic acids is 1. The Balaban J connectivity index is 0.00000264. The lowest BCUT2D eigenvalue weighted by Gasteiger charge is -2.23. The first kappa shape index (κ1) is 19.9. The number of nitrogens with two attached hydrogens (primary N) is 1. The highest BCUT2D eigenvalue weighted by atomic mass is 35.5. The van der Waals surface area contributed by atoms with Gasteiger partial charge in [-0.05, 0) is 38.3 Å². The largest absolute Gasteiger partial charge is 0.355 e. The molecule has 1 saturated heterocycles. The summed E-state index contributed by atoms with van der Waals surface area (Å²) in [6, 6.07) is 7.62. The van der Waals surface area contributed by atoms with E-state index in [1.165, 1.54) is 4.31 Å². The number of benzene rings is 1. The lowest BCUT2D eigenvalue weighted by molar-refractivity contribution is -0.124. The van der Waals surface area contributed by atoms with Crippen molar-refractivity contribution in [1.82, 2.24) is 9.62 Å². The third kappa shape index (κ3) is 4.91. The maximum Gasteiger partial charge on any atom is 0.243 e. The first-order valence-electron chi connectivity index (χ1n) is 7.53. The van der Waals surface area contributed by atoms with Gasteiger partial charge in [0.25, 0.3) is 0 Å². The van der Waals surface area contributed by atoms with Gasteiger partial charge in [-0.15, -0.1) is 12.4 Å². The quantitative estimate of drug-likeness (QED) is 0.794. The van der Waals surface area contributed by atoms with Crippen LogP contribution >= 0.6 is 12.4 Å². The molecule has 0 radical (unpaired) electrons. The van der Waals surface area contributed by atoms with Crippen LogP contribution in [0.5, 0.6) is 0 Å². The zero-order valence-electron chi connectivity index (χ0n) is 13.1. The van der Waals surface area contributed by atoms with Crippen LogP contribution in [-0.4, -0.2) is 43.8 Å². The molecule has 6 nitrogen and oxygen atoms in total. The molecule has 0 saturated carbocycles. The fourth-order valence-corrected chi connectivity index (χ4v) is 4.24. The molecule has 1 aliphatic heterocycles. The van der Waals surface area contributed by atoms with Crippen LogP contribution in [0.15, 0.2) is 35.2 Å². The Kier molecular flexibility index (Phi) is 7.47. The molecule has 8 heteroatoms. The first-order chi connectivity index (χ1) is 10.4. The molecule has 1 aromatic rings. The summed E-state index contributed by atoms with van der Waals surface area (Å²) in [6.45, 7) is 2.71. The second kappa shape index (κ2) is 8.63. The molecule has 2 rings (SSSR count). The Morgan fingerprint density at radius 1 is 1.39 bits per heavy atom. The van der Waals surface area contributed by atoms with E-state index in [2.05, 4.69) is 5.32 Å². The predicted molar refractivity (Wildman–Crippen MR) is 91.9 cm³/mol. The van der Waals surface area contributed by atoms with Gasteiger partial charge in [-0.1, -0.05) is 18.2 Å². The van der Waals surface area contributed by atoms with Crippen LogP contribution in [0.3, 0.4) is 0 Å². The van der Waals surface area contributed by atoms with E-state index in [-0.39, 0.29) is 29.3 Å². The SMILES string of the molecule is CC(N)CCNC(=O)C1CCCN1S(=O)(=O)c1ccccc1.Cl. The van der Waals surface area contributed by atoms with Crippen molar-refractivity contribution < 1.29 is 13.2 Å². The Labute approximate surface area is 143 Å². The zero-order valence-corrected chi connectivity index (χ0v) is 14.8. The van der Waals surface area contributed by atoms with Crippen molar-refractivity contribution in [2.75, 3.05) is 13.1 Å². The Bertz CT molecular complexity index is 608. The van der Waals surface area contributed by atoms with Crippen molar-refractivity contribution in [2.24, 2.45) is 5.73 Å². The van der Waals surface area contributed by atoms with Gasteiger partial charge >= 0.3 is 0 Å². The van der Waals surface area contributed by atoms with E-state index in [9.17, 15) is 13.2 Å². The van der Waals surface area contributed by atoms with E-state index < -0.39 is 16.1 Å². The fourth-order valence-electron chi connectivity index (χ4n) is 2.56. The van der Waals surface area contributed by atoms with Crippen LogP contribution < -0.4 is 11.1 Å². The molecule has 2 unspecified atom stereocenters. The summed E-state index contributed by atoms with van der Waals surface area (Å²) in [5, 5.41) is 2.78. The molecule has 2 atom stereocenters. The highest BCUT2D eigenvalue weighted by Crippen LogP contribution is 2.26. The molecule has 1 aromatic carbocycles. The second-order valence-electron chi connectivity index (χ2n) is 5.64. The average Bonchev–Trinajstić information content (AvgIpc) is 2.98. The molecule has 23 heavy (non-hydrogen) atoms. The van der Waals surface area contributed by atoms with Crippen molar-refractivity contribution in [3.63, 3.8) is 0 Å². The third-order valence-corrected chi connectivity index (χ3v) is 5.68. The van der Waals surface area contributed by atoms with E-state index in [0.717, 1.165) is 0 Å². The lowest BCUT2D eigenvalue weighted by atomic mass is 10.2. The third-order valence-electron chi connectivity index (χ3n) is 3.76. The molecule has 1 heterocycles.